The van der Waals surface area contributed by atoms with E-state index in [1.54, 1.807) is 0 Å². The first-order chi connectivity index (χ1) is 11.1. The van der Waals surface area contributed by atoms with Crippen molar-refractivity contribution >= 4 is 5.97 Å². The van der Waals surface area contributed by atoms with Crippen molar-refractivity contribution in [2.45, 2.75) is 55.1 Å². The fraction of sp³-hybridized carbons (Fsp3) is 0.917. The van der Waals surface area contributed by atoms with E-state index in [4.69, 9.17) is 19.7 Å². The zero-order chi connectivity index (χ0) is 18.6. The number of carbonyl (C=O) groups is 1. The molecule has 13 heteroatoms. The van der Waals surface area contributed by atoms with Crippen LogP contribution in [0.2, 0.25) is 0 Å². The summed E-state index contributed by atoms with van der Waals surface area (Å²) in [4.78, 5) is 10.6. The zero-order valence-corrected chi connectivity index (χ0v) is 16.4. The van der Waals surface area contributed by atoms with E-state index in [2.05, 4.69) is 0 Å². The number of ether oxygens (including phenoxy) is 2. The van der Waals surface area contributed by atoms with E-state index in [-0.39, 0.29) is 51.4 Å². The summed E-state index contributed by atoms with van der Waals surface area (Å²) in [6.45, 7) is -1.79. The minimum Gasteiger partial charge on any atom is -0.547 e. The molecule has 0 spiro atoms. The zero-order valence-electron chi connectivity index (χ0n) is 13.3. The van der Waals surface area contributed by atoms with Gasteiger partial charge in [-0.1, -0.05) is 0 Å². The van der Waals surface area contributed by atoms with Crippen molar-refractivity contribution in [1.29, 1.82) is 0 Å². The van der Waals surface area contributed by atoms with Crippen molar-refractivity contribution in [3.05, 3.63) is 0 Å². The van der Waals surface area contributed by atoms with Gasteiger partial charge in [-0.15, -0.1) is 0 Å². The average Bonchev–Trinajstić information content (AvgIpc) is 2.57. The van der Waals surface area contributed by atoms with Gasteiger partial charge in [-0.05, 0) is 0 Å². The molecule has 1 fully saturated rings. The van der Waals surface area contributed by atoms with Gasteiger partial charge in [-0.2, -0.15) is 0 Å². The Kier molecular flexibility index (Phi) is 11.9. The maximum Gasteiger partial charge on any atom is 1.00 e. The molecule has 12 nitrogen and oxygen atoms in total. The molecule has 0 radical (unpaired) electrons. The van der Waals surface area contributed by atoms with Crippen LogP contribution in [0, 0.1) is 0 Å². The maximum atomic E-state index is 10.6. The van der Waals surface area contributed by atoms with Crippen molar-refractivity contribution in [1.82, 2.24) is 0 Å². The van der Waals surface area contributed by atoms with Gasteiger partial charge in [-0.25, -0.2) is 0 Å². The summed E-state index contributed by atoms with van der Waals surface area (Å²) in [7, 11) is 0. The molecule has 142 valence electrons. The summed E-state index contributed by atoms with van der Waals surface area (Å²) < 4.78 is 9.94. The van der Waals surface area contributed by atoms with Crippen molar-refractivity contribution in [2.24, 2.45) is 0 Å². The minimum atomic E-state index is -2.50. The van der Waals surface area contributed by atoms with Crippen LogP contribution in [0.1, 0.15) is 0 Å². The summed E-state index contributed by atoms with van der Waals surface area (Å²) in [6.07, 6.45) is -17.3. The first-order valence-corrected chi connectivity index (χ1v) is 6.97. The van der Waals surface area contributed by atoms with Crippen molar-refractivity contribution in [2.75, 3.05) is 13.2 Å². The van der Waals surface area contributed by atoms with Crippen LogP contribution in [0.3, 0.4) is 0 Å². The van der Waals surface area contributed by atoms with Crippen LogP contribution in [-0.2, 0) is 14.3 Å². The second kappa shape index (κ2) is 11.5. The molecule has 1 saturated heterocycles. The van der Waals surface area contributed by atoms with Gasteiger partial charge in [-0.3, -0.25) is 0 Å². The molecule has 8 N–H and O–H groups in total. The molecule has 0 aliphatic carbocycles. The van der Waals surface area contributed by atoms with Gasteiger partial charge in [0.05, 0.1) is 19.2 Å². The van der Waals surface area contributed by atoms with E-state index in [0.29, 0.717) is 0 Å². The van der Waals surface area contributed by atoms with E-state index in [1.165, 1.54) is 0 Å². The van der Waals surface area contributed by atoms with Crippen LogP contribution in [-0.4, -0.2) is 115 Å². The molecular formula is C12H21KO12. The number of carbonyl (C=O) groups excluding carboxylic acids is 1. The smallest absolute Gasteiger partial charge is 0.547 e. The number of aliphatic hydroxyl groups is 8. The third kappa shape index (κ3) is 6.37. The Morgan fingerprint density at radius 2 is 1.64 bits per heavy atom. The van der Waals surface area contributed by atoms with E-state index >= 15 is 0 Å². The number of hydrogen-bond donors (Lipinski definition) is 8. The van der Waals surface area contributed by atoms with Crippen LogP contribution in [0.4, 0.5) is 0 Å². The first kappa shape index (κ1) is 25.7. The summed E-state index contributed by atoms with van der Waals surface area (Å²) >= 11 is 0. The number of aliphatic hydroxyl groups excluding tert-OH is 8. The summed E-state index contributed by atoms with van der Waals surface area (Å²) in [5.74, 6) is -2.09. The molecule has 1 aliphatic heterocycles. The van der Waals surface area contributed by atoms with Crippen LogP contribution in [0.5, 0.6) is 0 Å². The van der Waals surface area contributed by atoms with Gasteiger partial charge in [0.1, 0.15) is 48.8 Å². The Labute approximate surface area is 184 Å². The van der Waals surface area contributed by atoms with Crippen molar-refractivity contribution in [3.8, 4) is 0 Å². The normalized spacial score (nSPS) is 34.5. The van der Waals surface area contributed by atoms with Crippen molar-refractivity contribution < 1.29 is 112 Å². The quantitative estimate of drug-likeness (QED) is 0.179. The number of carboxylic acid groups (broad SMARTS) is 1. The van der Waals surface area contributed by atoms with E-state index in [1.807, 2.05) is 0 Å². The Morgan fingerprint density at radius 3 is 2.08 bits per heavy atom. The molecule has 0 aromatic heterocycles. The molecule has 1 heterocycles. The van der Waals surface area contributed by atoms with Crippen LogP contribution in [0.25, 0.3) is 0 Å². The Morgan fingerprint density at radius 1 is 1.08 bits per heavy atom. The van der Waals surface area contributed by atoms with Crippen molar-refractivity contribution in [3.63, 3.8) is 0 Å². The van der Waals surface area contributed by atoms with E-state index in [0.717, 1.165) is 0 Å². The fourth-order valence-electron chi connectivity index (χ4n) is 2.16. The number of carboxylic acids is 1. The summed E-state index contributed by atoms with van der Waals surface area (Å²) in [5, 5.41) is 86.3. The van der Waals surface area contributed by atoms with Crippen LogP contribution in [0.15, 0.2) is 0 Å². The number of hydrogen-bond acceptors (Lipinski definition) is 12. The average molecular weight is 396 g/mol. The van der Waals surface area contributed by atoms with Gasteiger partial charge in [0, 0.05) is 0 Å². The summed E-state index contributed by atoms with van der Waals surface area (Å²) in [5.41, 5.74) is 0. The second-order valence-corrected chi connectivity index (χ2v) is 5.30. The minimum absolute atomic E-state index is 0. The molecule has 2 unspecified atom stereocenters. The number of rotatable bonds is 8. The van der Waals surface area contributed by atoms with Gasteiger partial charge in [0.25, 0.3) is 0 Å². The third-order valence-electron chi connectivity index (χ3n) is 3.61. The monoisotopic (exact) mass is 396 g/mol. The largest absolute Gasteiger partial charge is 1.00 e. The second-order valence-electron chi connectivity index (χ2n) is 5.30. The maximum absolute atomic E-state index is 10.6. The molecule has 0 aromatic carbocycles. The van der Waals surface area contributed by atoms with E-state index < -0.39 is 74.3 Å². The van der Waals surface area contributed by atoms with Gasteiger partial charge < -0.3 is 60.2 Å². The standard InChI is InChI=1S/C12H22O12.K/c13-1-3(15)10(7(18)8(19)11(21)22)24-12-9(20)6(17)5(16)4(2-14)23-12;/h3-10,12-20H,1-2H2,(H,21,22);/q;+1/p-1/t3-,4?,5+,6+,7-,8-,9?,10-,12+;/m1./s1. The molecule has 0 bridgehead atoms. The molecule has 1 aliphatic rings. The molecule has 25 heavy (non-hydrogen) atoms. The Bertz CT molecular complexity index is 410. The van der Waals surface area contributed by atoms with E-state index in [9.17, 15) is 40.5 Å². The fourth-order valence-corrected chi connectivity index (χ4v) is 2.16. The SMILES string of the molecule is O=C([O-])[C@H](O)[C@@H](O)[C@H](O[C@@H]1OC(CO)[C@H](O)[C@H](O)C1O)[C@H](O)CO.[K+]. The predicted octanol–water partition coefficient (Wildman–Crippen LogP) is -10.00. The van der Waals surface area contributed by atoms with Gasteiger partial charge in [0.15, 0.2) is 6.29 Å². The molecular weight excluding hydrogens is 375 g/mol. The molecule has 1 rings (SSSR count). The first-order valence-electron chi connectivity index (χ1n) is 6.97. The third-order valence-corrected chi connectivity index (χ3v) is 3.61. The Balaban J connectivity index is 0.00000576. The van der Waals surface area contributed by atoms with Crippen LogP contribution >= 0.6 is 0 Å². The Hall–Kier alpha value is 0.706. The van der Waals surface area contributed by atoms with Gasteiger partial charge in [0.2, 0.25) is 0 Å². The summed E-state index contributed by atoms with van der Waals surface area (Å²) in [6, 6.07) is 0. The number of aliphatic carboxylic acids is 1. The predicted molar refractivity (Wildman–Crippen MR) is 68.8 cm³/mol. The van der Waals surface area contributed by atoms with Crippen LogP contribution < -0.4 is 56.5 Å². The van der Waals surface area contributed by atoms with Gasteiger partial charge >= 0.3 is 51.4 Å². The molecule has 0 aromatic rings. The topological polar surface area (TPSA) is 220 Å². The molecule has 9 atom stereocenters. The molecule has 0 amide bonds. The molecule has 0 saturated carbocycles.